The zero-order valence-corrected chi connectivity index (χ0v) is 10.4. The Morgan fingerprint density at radius 1 is 1.38 bits per heavy atom. The molecule has 0 bridgehead atoms. The van der Waals surface area contributed by atoms with E-state index in [0.717, 1.165) is 0 Å². The van der Waals surface area contributed by atoms with Gasteiger partial charge in [0.2, 0.25) is 5.91 Å². The lowest BCUT2D eigenvalue weighted by Crippen LogP contribution is -2.45. The zero-order valence-electron chi connectivity index (χ0n) is 10.4. The molecular weight excluding hydrogens is 208 g/mol. The van der Waals surface area contributed by atoms with Crippen molar-refractivity contribution in [1.82, 2.24) is 5.32 Å². The first-order chi connectivity index (χ1) is 7.11. The Bertz CT molecular complexity index is 256. The van der Waals surface area contributed by atoms with Gasteiger partial charge in [0.15, 0.2) is 0 Å². The standard InChI is InChI=1S/C11H22N2O3/c1-7(12)10(16)13-8(5-9(14)15)6-11(2,3)4/h7-8H,5-6,12H2,1-4H3,(H,13,16)(H,14,15). The third-order valence-corrected chi connectivity index (χ3v) is 2.04. The van der Waals surface area contributed by atoms with E-state index in [1.807, 2.05) is 20.8 Å². The van der Waals surface area contributed by atoms with Gasteiger partial charge in [-0.25, -0.2) is 0 Å². The van der Waals surface area contributed by atoms with Crippen molar-refractivity contribution in [3.05, 3.63) is 0 Å². The molecule has 0 rings (SSSR count). The number of hydrogen-bond donors (Lipinski definition) is 3. The molecule has 4 N–H and O–H groups in total. The smallest absolute Gasteiger partial charge is 0.305 e. The first-order valence-electron chi connectivity index (χ1n) is 5.39. The number of aliphatic carboxylic acids is 1. The summed E-state index contributed by atoms with van der Waals surface area (Å²) in [5, 5.41) is 11.4. The molecule has 0 spiro atoms. The van der Waals surface area contributed by atoms with E-state index in [1.165, 1.54) is 0 Å². The van der Waals surface area contributed by atoms with E-state index in [0.29, 0.717) is 6.42 Å². The topological polar surface area (TPSA) is 92.4 Å². The second kappa shape index (κ2) is 5.84. The van der Waals surface area contributed by atoms with E-state index in [1.54, 1.807) is 6.92 Å². The monoisotopic (exact) mass is 230 g/mol. The number of amides is 1. The molecule has 2 atom stereocenters. The van der Waals surface area contributed by atoms with Crippen LogP contribution >= 0.6 is 0 Å². The first kappa shape index (κ1) is 14.9. The van der Waals surface area contributed by atoms with Crippen molar-refractivity contribution in [2.24, 2.45) is 11.1 Å². The van der Waals surface area contributed by atoms with Crippen LogP contribution in [0.3, 0.4) is 0 Å². The number of hydrogen-bond acceptors (Lipinski definition) is 3. The van der Waals surface area contributed by atoms with Crippen LogP contribution in [0.2, 0.25) is 0 Å². The van der Waals surface area contributed by atoms with Crippen molar-refractivity contribution >= 4 is 11.9 Å². The number of nitrogens with two attached hydrogens (primary N) is 1. The van der Waals surface area contributed by atoms with E-state index in [4.69, 9.17) is 10.8 Å². The van der Waals surface area contributed by atoms with Crippen LogP contribution in [0.15, 0.2) is 0 Å². The number of carbonyl (C=O) groups is 2. The van der Waals surface area contributed by atoms with Gasteiger partial charge in [-0.2, -0.15) is 0 Å². The van der Waals surface area contributed by atoms with Gasteiger partial charge >= 0.3 is 5.97 Å². The Balaban J connectivity index is 4.43. The number of carbonyl (C=O) groups excluding carboxylic acids is 1. The lowest BCUT2D eigenvalue weighted by molar-refractivity contribution is -0.138. The molecule has 0 aliphatic heterocycles. The Morgan fingerprint density at radius 3 is 2.19 bits per heavy atom. The summed E-state index contributed by atoms with van der Waals surface area (Å²) in [7, 11) is 0. The molecule has 16 heavy (non-hydrogen) atoms. The number of carboxylic acid groups (broad SMARTS) is 1. The third-order valence-electron chi connectivity index (χ3n) is 2.04. The molecule has 0 radical (unpaired) electrons. The number of rotatable bonds is 5. The fraction of sp³-hybridized carbons (Fsp3) is 0.818. The molecule has 0 aliphatic carbocycles. The summed E-state index contributed by atoms with van der Waals surface area (Å²) < 4.78 is 0. The van der Waals surface area contributed by atoms with E-state index < -0.39 is 12.0 Å². The van der Waals surface area contributed by atoms with Crippen molar-refractivity contribution in [1.29, 1.82) is 0 Å². The average molecular weight is 230 g/mol. The molecule has 0 fully saturated rings. The van der Waals surface area contributed by atoms with Crippen LogP contribution in [-0.2, 0) is 9.59 Å². The summed E-state index contributed by atoms with van der Waals surface area (Å²) in [4.78, 5) is 22.1. The Kier molecular flexibility index (Phi) is 5.44. The summed E-state index contributed by atoms with van der Waals surface area (Å²) in [6.45, 7) is 7.57. The highest BCUT2D eigenvalue weighted by Gasteiger charge is 2.23. The molecule has 0 saturated carbocycles. The summed E-state index contributed by atoms with van der Waals surface area (Å²) in [5.41, 5.74) is 5.38. The molecule has 2 unspecified atom stereocenters. The minimum absolute atomic E-state index is 0.0365. The summed E-state index contributed by atoms with van der Waals surface area (Å²) in [6, 6.07) is -0.979. The second-order valence-electron chi connectivity index (χ2n) is 5.36. The third kappa shape index (κ3) is 7.23. The number of carboxylic acids is 1. The van der Waals surface area contributed by atoms with Gasteiger partial charge in [0.05, 0.1) is 12.5 Å². The summed E-state index contributed by atoms with van der Waals surface area (Å²) in [5.74, 6) is -1.23. The fourth-order valence-electron chi connectivity index (χ4n) is 1.46. The van der Waals surface area contributed by atoms with Crippen LogP contribution in [0.1, 0.15) is 40.5 Å². The van der Waals surface area contributed by atoms with Crippen molar-refractivity contribution in [2.45, 2.75) is 52.6 Å². The van der Waals surface area contributed by atoms with Gasteiger partial charge in [-0.1, -0.05) is 20.8 Å². The summed E-state index contributed by atoms with van der Waals surface area (Å²) in [6.07, 6.45) is 0.535. The summed E-state index contributed by atoms with van der Waals surface area (Å²) >= 11 is 0. The highest BCUT2D eigenvalue weighted by Crippen LogP contribution is 2.22. The maximum absolute atomic E-state index is 11.4. The highest BCUT2D eigenvalue weighted by atomic mass is 16.4. The Labute approximate surface area is 96.4 Å². The Hall–Kier alpha value is -1.10. The quantitative estimate of drug-likeness (QED) is 0.649. The van der Waals surface area contributed by atoms with Gasteiger partial charge in [-0.3, -0.25) is 9.59 Å². The molecule has 94 valence electrons. The van der Waals surface area contributed by atoms with Gasteiger partial charge in [-0.05, 0) is 18.8 Å². The van der Waals surface area contributed by atoms with Crippen LogP contribution in [0.25, 0.3) is 0 Å². The molecule has 0 aromatic heterocycles. The van der Waals surface area contributed by atoms with Crippen molar-refractivity contribution in [3.63, 3.8) is 0 Å². The minimum Gasteiger partial charge on any atom is -0.481 e. The normalized spacial score (nSPS) is 15.3. The SMILES string of the molecule is CC(N)C(=O)NC(CC(=O)O)CC(C)(C)C. The van der Waals surface area contributed by atoms with Crippen molar-refractivity contribution < 1.29 is 14.7 Å². The number of nitrogens with one attached hydrogen (secondary N) is 1. The van der Waals surface area contributed by atoms with Crippen LogP contribution in [0.4, 0.5) is 0 Å². The van der Waals surface area contributed by atoms with E-state index >= 15 is 0 Å². The Morgan fingerprint density at radius 2 is 1.88 bits per heavy atom. The van der Waals surface area contributed by atoms with E-state index in [2.05, 4.69) is 5.32 Å². The molecule has 0 saturated heterocycles. The van der Waals surface area contributed by atoms with Gasteiger partial charge in [0, 0.05) is 6.04 Å². The van der Waals surface area contributed by atoms with Gasteiger partial charge in [0.25, 0.3) is 0 Å². The minimum atomic E-state index is -0.917. The van der Waals surface area contributed by atoms with Crippen LogP contribution < -0.4 is 11.1 Å². The van der Waals surface area contributed by atoms with E-state index in [9.17, 15) is 9.59 Å². The van der Waals surface area contributed by atoms with Crippen LogP contribution in [-0.4, -0.2) is 29.1 Å². The van der Waals surface area contributed by atoms with Gasteiger partial charge in [-0.15, -0.1) is 0 Å². The lowest BCUT2D eigenvalue weighted by atomic mass is 9.87. The zero-order chi connectivity index (χ0) is 12.9. The van der Waals surface area contributed by atoms with Crippen LogP contribution in [0.5, 0.6) is 0 Å². The van der Waals surface area contributed by atoms with E-state index in [-0.39, 0.29) is 23.8 Å². The molecule has 5 nitrogen and oxygen atoms in total. The second-order valence-corrected chi connectivity index (χ2v) is 5.36. The molecular formula is C11H22N2O3. The maximum atomic E-state index is 11.4. The van der Waals surface area contributed by atoms with Crippen LogP contribution in [0, 0.1) is 5.41 Å². The molecule has 0 aliphatic rings. The maximum Gasteiger partial charge on any atom is 0.305 e. The predicted molar refractivity (Wildman–Crippen MR) is 61.9 cm³/mol. The molecule has 0 aromatic rings. The van der Waals surface area contributed by atoms with Gasteiger partial charge in [0.1, 0.15) is 0 Å². The average Bonchev–Trinajstić information content (AvgIpc) is 1.98. The highest BCUT2D eigenvalue weighted by molar-refractivity contribution is 5.81. The lowest BCUT2D eigenvalue weighted by Gasteiger charge is -2.26. The van der Waals surface area contributed by atoms with Gasteiger partial charge < -0.3 is 16.2 Å². The van der Waals surface area contributed by atoms with Crippen molar-refractivity contribution in [2.75, 3.05) is 0 Å². The fourth-order valence-corrected chi connectivity index (χ4v) is 1.46. The molecule has 5 heteroatoms. The largest absolute Gasteiger partial charge is 0.481 e. The predicted octanol–water partition coefficient (Wildman–Crippen LogP) is 0.729. The first-order valence-corrected chi connectivity index (χ1v) is 5.39. The van der Waals surface area contributed by atoms with Crippen molar-refractivity contribution in [3.8, 4) is 0 Å². The molecule has 0 heterocycles. The molecule has 1 amide bonds. The molecule has 0 aromatic carbocycles.